The number of aromatic nitrogens is 4. The molecule has 0 fully saturated rings. The minimum atomic E-state index is -0.846. The van der Waals surface area contributed by atoms with Crippen LogP contribution in [0.1, 0.15) is 29.9 Å². The van der Waals surface area contributed by atoms with Crippen molar-refractivity contribution in [3.8, 4) is 5.88 Å². The molecule has 1 amide bonds. The summed E-state index contributed by atoms with van der Waals surface area (Å²) in [6.45, 7) is 5.27. The molecule has 1 aromatic carbocycles. The van der Waals surface area contributed by atoms with Gasteiger partial charge >= 0.3 is 11.6 Å². The zero-order chi connectivity index (χ0) is 22.0. The molecule has 1 N–H and O–H groups in total. The number of carbonyl (C=O) groups excluding carboxylic acids is 1. The molecule has 10 nitrogen and oxygen atoms in total. The summed E-state index contributed by atoms with van der Waals surface area (Å²) in [5, 5.41) is 22.2. The maximum Gasteiger partial charge on any atom is 0.350 e. The van der Waals surface area contributed by atoms with Crippen LogP contribution in [0.3, 0.4) is 0 Å². The van der Waals surface area contributed by atoms with Gasteiger partial charge in [-0.1, -0.05) is 18.2 Å². The number of nitrogens with zero attached hydrogens (tertiary/aromatic N) is 5. The fourth-order valence-corrected chi connectivity index (χ4v) is 3.00. The van der Waals surface area contributed by atoms with Gasteiger partial charge in [0.05, 0.1) is 35.7 Å². The number of halogens is 1. The van der Waals surface area contributed by atoms with Crippen molar-refractivity contribution in [1.29, 1.82) is 0 Å². The standard InChI is InChI=1S/C19H21FN6O4/c1-11-17(12(2)24(22-11)9-14-7-5-6-8-15(14)20)21-18(27)13(3)25-10-16(26(28)29)19(23-25)30-4/h5-8,10,13H,9H2,1-4H3,(H,21,27). The molecule has 158 valence electrons. The number of hydrogen-bond acceptors (Lipinski definition) is 6. The summed E-state index contributed by atoms with van der Waals surface area (Å²) in [7, 11) is 1.26. The number of benzene rings is 1. The van der Waals surface area contributed by atoms with Crippen LogP contribution in [0.15, 0.2) is 30.5 Å². The molecule has 0 saturated carbocycles. The Bertz CT molecular complexity index is 1110. The second-order valence-electron chi connectivity index (χ2n) is 6.72. The van der Waals surface area contributed by atoms with Crippen molar-refractivity contribution >= 4 is 17.3 Å². The van der Waals surface area contributed by atoms with E-state index >= 15 is 0 Å². The van der Waals surface area contributed by atoms with Crippen LogP contribution in [-0.2, 0) is 11.3 Å². The van der Waals surface area contributed by atoms with Crippen molar-refractivity contribution in [2.24, 2.45) is 0 Å². The molecule has 1 unspecified atom stereocenters. The van der Waals surface area contributed by atoms with Gasteiger partial charge in [-0.15, -0.1) is 5.10 Å². The zero-order valence-electron chi connectivity index (χ0n) is 16.9. The summed E-state index contributed by atoms with van der Waals surface area (Å²) in [6, 6.07) is 5.56. The molecule has 0 spiro atoms. The molecule has 0 saturated heterocycles. The third kappa shape index (κ3) is 4.00. The monoisotopic (exact) mass is 416 g/mol. The van der Waals surface area contributed by atoms with E-state index in [1.807, 2.05) is 0 Å². The van der Waals surface area contributed by atoms with Crippen LogP contribution in [0.2, 0.25) is 0 Å². The largest absolute Gasteiger partial charge is 0.475 e. The van der Waals surface area contributed by atoms with E-state index in [0.717, 1.165) is 6.20 Å². The van der Waals surface area contributed by atoms with Crippen LogP contribution >= 0.6 is 0 Å². The van der Waals surface area contributed by atoms with Crippen molar-refractivity contribution in [1.82, 2.24) is 19.6 Å². The first kappa shape index (κ1) is 21.0. The zero-order valence-corrected chi connectivity index (χ0v) is 16.9. The van der Waals surface area contributed by atoms with Gasteiger partial charge in [0.25, 0.3) is 0 Å². The molecule has 3 rings (SSSR count). The van der Waals surface area contributed by atoms with Gasteiger partial charge < -0.3 is 10.1 Å². The molecular weight excluding hydrogens is 395 g/mol. The number of amides is 1. The Hall–Kier alpha value is -3.76. The Labute approximate surface area is 171 Å². The normalized spacial score (nSPS) is 11.9. The number of methoxy groups -OCH3 is 1. The van der Waals surface area contributed by atoms with Crippen molar-refractivity contribution in [2.75, 3.05) is 12.4 Å². The highest BCUT2D eigenvalue weighted by molar-refractivity contribution is 5.94. The highest BCUT2D eigenvalue weighted by Crippen LogP contribution is 2.27. The Morgan fingerprint density at radius 1 is 1.33 bits per heavy atom. The van der Waals surface area contributed by atoms with E-state index in [9.17, 15) is 19.3 Å². The molecule has 2 heterocycles. The highest BCUT2D eigenvalue weighted by Gasteiger charge is 2.26. The van der Waals surface area contributed by atoms with Crippen LogP contribution in [0, 0.1) is 29.8 Å². The molecule has 11 heteroatoms. The van der Waals surface area contributed by atoms with Crippen molar-refractivity contribution in [2.45, 2.75) is 33.4 Å². The van der Waals surface area contributed by atoms with Gasteiger partial charge in [0.1, 0.15) is 18.1 Å². The second kappa shape index (κ2) is 8.31. The summed E-state index contributed by atoms with van der Waals surface area (Å²) < 4.78 is 21.6. The highest BCUT2D eigenvalue weighted by atomic mass is 19.1. The predicted octanol–water partition coefficient (Wildman–Crippen LogP) is 3.00. The van der Waals surface area contributed by atoms with Gasteiger partial charge in [-0.05, 0) is 26.8 Å². The summed E-state index contributed by atoms with van der Waals surface area (Å²) in [6.07, 6.45) is 1.14. The predicted molar refractivity (Wildman–Crippen MR) is 106 cm³/mol. The number of hydrogen-bond donors (Lipinski definition) is 1. The number of rotatable bonds is 7. The number of ether oxygens (including phenoxy) is 1. The van der Waals surface area contributed by atoms with Gasteiger partial charge in [0.15, 0.2) is 0 Å². The number of aryl methyl sites for hydroxylation is 1. The molecule has 2 aromatic heterocycles. The number of carbonyl (C=O) groups is 1. The van der Waals surface area contributed by atoms with Crippen molar-refractivity contribution in [3.05, 3.63) is 63.3 Å². The average molecular weight is 416 g/mol. The maximum absolute atomic E-state index is 14.0. The summed E-state index contributed by atoms with van der Waals surface area (Å²) in [4.78, 5) is 23.2. The topological polar surface area (TPSA) is 117 Å². The van der Waals surface area contributed by atoms with E-state index in [1.165, 1.54) is 17.9 Å². The Kier molecular flexibility index (Phi) is 5.81. The van der Waals surface area contributed by atoms with Crippen molar-refractivity contribution < 1.29 is 18.8 Å². The van der Waals surface area contributed by atoms with Crippen LogP contribution < -0.4 is 10.1 Å². The second-order valence-corrected chi connectivity index (χ2v) is 6.72. The van der Waals surface area contributed by atoms with Crippen LogP contribution in [0.25, 0.3) is 0 Å². The van der Waals surface area contributed by atoms with Crippen molar-refractivity contribution in [3.63, 3.8) is 0 Å². The Balaban J connectivity index is 1.81. The van der Waals surface area contributed by atoms with E-state index in [2.05, 4.69) is 15.5 Å². The number of nitrogens with one attached hydrogen (secondary N) is 1. The molecule has 0 aliphatic rings. The molecular formula is C19H21FN6O4. The fraction of sp³-hybridized carbons (Fsp3) is 0.316. The van der Waals surface area contributed by atoms with E-state index in [0.29, 0.717) is 22.6 Å². The smallest absolute Gasteiger partial charge is 0.350 e. The lowest BCUT2D eigenvalue weighted by Gasteiger charge is -2.13. The van der Waals surface area contributed by atoms with Gasteiger partial charge in [-0.25, -0.2) is 9.07 Å². The number of nitro groups is 1. The minimum Gasteiger partial charge on any atom is -0.475 e. The van der Waals surface area contributed by atoms with E-state index in [-0.39, 0.29) is 23.9 Å². The fourth-order valence-electron chi connectivity index (χ4n) is 3.00. The lowest BCUT2D eigenvalue weighted by molar-refractivity contribution is -0.385. The summed E-state index contributed by atoms with van der Waals surface area (Å²) >= 11 is 0. The third-order valence-corrected chi connectivity index (χ3v) is 4.75. The molecule has 0 aliphatic heterocycles. The van der Waals surface area contributed by atoms with E-state index < -0.39 is 16.9 Å². The summed E-state index contributed by atoms with van der Waals surface area (Å²) in [5.74, 6) is -0.949. The lowest BCUT2D eigenvalue weighted by atomic mass is 10.2. The lowest BCUT2D eigenvalue weighted by Crippen LogP contribution is -2.24. The van der Waals surface area contributed by atoms with Gasteiger partial charge in [-0.3, -0.25) is 19.6 Å². The SMILES string of the molecule is COc1nn(C(C)C(=O)Nc2c(C)nn(Cc3ccccc3F)c2C)cc1[N+](=O)[O-]. The van der Waals surface area contributed by atoms with Crippen LogP contribution in [0.5, 0.6) is 5.88 Å². The molecule has 1 atom stereocenters. The Morgan fingerprint density at radius 3 is 2.63 bits per heavy atom. The first-order chi connectivity index (χ1) is 14.2. The number of anilines is 1. The molecule has 30 heavy (non-hydrogen) atoms. The van der Waals surface area contributed by atoms with Gasteiger partial charge in [0.2, 0.25) is 5.91 Å². The van der Waals surface area contributed by atoms with E-state index in [4.69, 9.17) is 4.74 Å². The van der Waals surface area contributed by atoms with Gasteiger partial charge in [0, 0.05) is 5.56 Å². The summed E-state index contributed by atoms with van der Waals surface area (Å²) in [5.41, 5.74) is 1.86. The third-order valence-electron chi connectivity index (χ3n) is 4.75. The van der Waals surface area contributed by atoms with Gasteiger partial charge in [-0.2, -0.15) is 5.10 Å². The Morgan fingerprint density at radius 2 is 2.03 bits per heavy atom. The molecule has 3 aromatic rings. The van der Waals surface area contributed by atoms with E-state index in [1.54, 1.807) is 43.7 Å². The maximum atomic E-state index is 14.0. The first-order valence-corrected chi connectivity index (χ1v) is 9.08. The molecule has 0 aliphatic carbocycles. The quantitative estimate of drug-likeness (QED) is 0.467. The first-order valence-electron chi connectivity index (χ1n) is 9.08. The molecule has 0 radical (unpaired) electrons. The van der Waals surface area contributed by atoms with Crippen LogP contribution in [-0.4, -0.2) is 37.5 Å². The molecule has 0 bridgehead atoms. The average Bonchev–Trinajstić information content (AvgIpc) is 3.26. The van der Waals surface area contributed by atoms with Crippen LogP contribution in [0.4, 0.5) is 15.8 Å². The minimum absolute atomic E-state index is 0.176.